The van der Waals surface area contributed by atoms with Crippen LogP contribution in [0.3, 0.4) is 0 Å². The second-order valence-electron chi connectivity index (χ2n) is 2.74. The lowest BCUT2D eigenvalue weighted by Crippen LogP contribution is -1.97. The van der Waals surface area contributed by atoms with Crippen LogP contribution < -0.4 is 5.73 Å². The van der Waals surface area contributed by atoms with Crippen LogP contribution in [-0.4, -0.2) is 15.1 Å². The van der Waals surface area contributed by atoms with E-state index in [4.69, 9.17) is 18.0 Å². The van der Waals surface area contributed by atoms with Crippen LogP contribution in [0.25, 0.3) is 0 Å². The van der Waals surface area contributed by atoms with Crippen LogP contribution in [0.4, 0.5) is 5.69 Å². The van der Waals surface area contributed by atoms with Crippen molar-refractivity contribution in [3.8, 4) is 0 Å². The summed E-state index contributed by atoms with van der Waals surface area (Å²) in [6, 6.07) is 0. The van der Waals surface area contributed by atoms with E-state index >= 15 is 0 Å². The number of aryl methyl sites for hydroxylation is 2. The number of hydrogen-bond donors (Lipinski definition) is 1. The summed E-state index contributed by atoms with van der Waals surface area (Å²) in [6.07, 6.45) is 1.97. The van der Waals surface area contributed by atoms with Crippen molar-refractivity contribution in [3.63, 3.8) is 0 Å². The number of rotatable bonds is 3. The molecule has 0 saturated heterocycles. The Labute approximate surface area is 77.6 Å². The number of aromatic nitrogens is 2. The van der Waals surface area contributed by atoms with Gasteiger partial charge in [0, 0.05) is 12.4 Å². The summed E-state index contributed by atoms with van der Waals surface area (Å²) in [6.45, 7) is 2.10. The SMILES string of the molecule is CCCc1nn(C)c(C=S)c1N. The smallest absolute Gasteiger partial charge is 0.0946 e. The van der Waals surface area contributed by atoms with Crippen molar-refractivity contribution in [2.75, 3.05) is 5.73 Å². The summed E-state index contributed by atoms with van der Waals surface area (Å²) < 4.78 is 1.73. The first-order chi connectivity index (χ1) is 5.70. The topological polar surface area (TPSA) is 43.8 Å². The van der Waals surface area contributed by atoms with Gasteiger partial charge < -0.3 is 5.73 Å². The lowest BCUT2D eigenvalue weighted by atomic mass is 10.2. The van der Waals surface area contributed by atoms with E-state index in [0.717, 1.165) is 29.9 Å². The molecular weight excluding hydrogens is 170 g/mol. The maximum absolute atomic E-state index is 5.82. The highest BCUT2D eigenvalue weighted by atomic mass is 32.1. The van der Waals surface area contributed by atoms with Gasteiger partial charge in [0.1, 0.15) is 0 Å². The number of anilines is 1. The highest BCUT2D eigenvalue weighted by Gasteiger charge is 2.09. The molecule has 0 aliphatic rings. The number of thiocarbonyl (C=S) groups is 1. The van der Waals surface area contributed by atoms with Crippen LogP contribution in [-0.2, 0) is 13.5 Å². The number of nitrogens with zero attached hydrogens (tertiary/aromatic N) is 2. The highest BCUT2D eigenvalue weighted by Crippen LogP contribution is 2.15. The molecule has 4 heteroatoms. The molecule has 0 fully saturated rings. The van der Waals surface area contributed by atoms with Gasteiger partial charge >= 0.3 is 0 Å². The largest absolute Gasteiger partial charge is 0.395 e. The van der Waals surface area contributed by atoms with Gasteiger partial charge in [0.15, 0.2) is 0 Å². The van der Waals surface area contributed by atoms with Gasteiger partial charge in [-0.3, -0.25) is 4.68 Å². The average Bonchev–Trinajstić information content (AvgIpc) is 2.29. The van der Waals surface area contributed by atoms with Crippen LogP contribution >= 0.6 is 12.2 Å². The molecule has 3 nitrogen and oxygen atoms in total. The summed E-state index contributed by atoms with van der Waals surface area (Å²) >= 11 is 4.83. The first-order valence-corrected chi connectivity index (χ1v) is 4.44. The van der Waals surface area contributed by atoms with E-state index in [-0.39, 0.29) is 0 Å². The third-order valence-electron chi connectivity index (χ3n) is 1.80. The van der Waals surface area contributed by atoms with Gasteiger partial charge in [-0.15, -0.1) is 0 Å². The summed E-state index contributed by atoms with van der Waals surface area (Å²) in [5.74, 6) is 0. The predicted octanol–water partition coefficient (Wildman–Crippen LogP) is 1.30. The second kappa shape index (κ2) is 3.67. The minimum absolute atomic E-state index is 0.731. The molecule has 12 heavy (non-hydrogen) atoms. The number of hydrogen-bond acceptors (Lipinski definition) is 3. The Balaban J connectivity index is 3.08. The molecule has 2 N–H and O–H groups in total. The van der Waals surface area contributed by atoms with E-state index < -0.39 is 0 Å². The van der Waals surface area contributed by atoms with Crippen LogP contribution in [0.15, 0.2) is 0 Å². The van der Waals surface area contributed by atoms with Gasteiger partial charge in [0.2, 0.25) is 0 Å². The number of nitrogen functional groups attached to an aromatic ring is 1. The molecule has 0 aliphatic carbocycles. The van der Waals surface area contributed by atoms with E-state index in [0.29, 0.717) is 0 Å². The zero-order chi connectivity index (χ0) is 9.14. The third-order valence-corrected chi connectivity index (χ3v) is 2.03. The van der Waals surface area contributed by atoms with Crippen LogP contribution in [0.1, 0.15) is 24.7 Å². The van der Waals surface area contributed by atoms with Crippen molar-refractivity contribution in [2.24, 2.45) is 7.05 Å². The van der Waals surface area contributed by atoms with Crippen molar-refractivity contribution in [1.82, 2.24) is 9.78 Å². The molecule has 0 aliphatic heterocycles. The molecule has 66 valence electrons. The fourth-order valence-corrected chi connectivity index (χ4v) is 1.45. The Morgan fingerprint density at radius 3 is 2.75 bits per heavy atom. The maximum Gasteiger partial charge on any atom is 0.0946 e. The normalized spacial score (nSPS) is 10.2. The van der Waals surface area contributed by atoms with E-state index in [1.165, 1.54) is 0 Å². The van der Waals surface area contributed by atoms with Crippen molar-refractivity contribution in [1.29, 1.82) is 0 Å². The fourth-order valence-electron chi connectivity index (χ4n) is 1.17. The summed E-state index contributed by atoms with van der Waals surface area (Å²) in [5, 5.41) is 5.84. The summed E-state index contributed by atoms with van der Waals surface area (Å²) in [5.41, 5.74) is 8.35. The molecule has 1 rings (SSSR count). The zero-order valence-corrected chi connectivity index (χ0v) is 8.19. The van der Waals surface area contributed by atoms with Crippen molar-refractivity contribution < 1.29 is 0 Å². The standard InChI is InChI=1S/C8H13N3S/c1-3-4-6-8(9)7(5-12)11(2)10-6/h5H,3-4,9H2,1-2H3. The molecule has 0 unspecified atom stereocenters. The summed E-state index contributed by atoms with van der Waals surface area (Å²) in [4.78, 5) is 0. The molecular formula is C8H13N3S. The fraction of sp³-hybridized carbons (Fsp3) is 0.500. The average molecular weight is 183 g/mol. The zero-order valence-electron chi connectivity index (χ0n) is 7.37. The molecule has 0 amide bonds. The molecule has 0 bridgehead atoms. The molecule has 0 atom stereocenters. The minimum Gasteiger partial charge on any atom is -0.395 e. The third kappa shape index (κ3) is 1.48. The van der Waals surface area contributed by atoms with Crippen molar-refractivity contribution in [3.05, 3.63) is 11.4 Å². The Hall–Kier alpha value is -0.900. The van der Waals surface area contributed by atoms with Crippen molar-refractivity contribution >= 4 is 23.3 Å². The van der Waals surface area contributed by atoms with Crippen LogP contribution in [0, 0.1) is 0 Å². The van der Waals surface area contributed by atoms with E-state index in [1.807, 2.05) is 7.05 Å². The van der Waals surface area contributed by atoms with Gasteiger partial charge in [-0.05, 0) is 6.42 Å². The van der Waals surface area contributed by atoms with E-state index in [9.17, 15) is 0 Å². The quantitative estimate of drug-likeness (QED) is 0.718. The molecule has 0 radical (unpaired) electrons. The number of nitrogens with two attached hydrogens (primary N) is 1. The Morgan fingerprint density at radius 2 is 2.33 bits per heavy atom. The van der Waals surface area contributed by atoms with Crippen molar-refractivity contribution in [2.45, 2.75) is 19.8 Å². The van der Waals surface area contributed by atoms with Gasteiger partial charge in [-0.25, -0.2) is 0 Å². The van der Waals surface area contributed by atoms with E-state index in [2.05, 4.69) is 12.0 Å². The first kappa shape index (κ1) is 9.19. The lowest BCUT2D eigenvalue weighted by molar-refractivity contribution is 0.730. The molecule has 1 heterocycles. The summed E-state index contributed by atoms with van der Waals surface area (Å²) in [7, 11) is 1.85. The first-order valence-electron chi connectivity index (χ1n) is 3.97. The highest BCUT2D eigenvalue weighted by molar-refractivity contribution is 7.79. The Morgan fingerprint density at radius 1 is 1.67 bits per heavy atom. The second-order valence-corrected chi connectivity index (χ2v) is 2.97. The van der Waals surface area contributed by atoms with Gasteiger partial charge in [-0.1, -0.05) is 25.6 Å². The molecule has 0 aromatic carbocycles. The molecule has 0 spiro atoms. The predicted molar refractivity (Wildman–Crippen MR) is 54.4 cm³/mol. The molecule has 1 aromatic heterocycles. The molecule has 0 saturated carbocycles. The Kier molecular flexibility index (Phi) is 2.81. The van der Waals surface area contributed by atoms with Gasteiger partial charge in [0.05, 0.1) is 17.1 Å². The monoisotopic (exact) mass is 183 g/mol. The minimum atomic E-state index is 0.731. The van der Waals surface area contributed by atoms with Crippen LogP contribution in [0.2, 0.25) is 0 Å². The van der Waals surface area contributed by atoms with E-state index in [1.54, 1.807) is 10.0 Å². The lowest BCUT2D eigenvalue weighted by Gasteiger charge is -1.93. The van der Waals surface area contributed by atoms with Gasteiger partial charge in [0.25, 0.3) is 0 Å². The van der Waals surface area contributed by atoms with Gasteiger partial charge in [-0.2, -0.15) is 5.10 Å². The maximum atomic E-state index is 5.82. The molecule has 1 aromatic rings. The Bertz CT molecular complexity index is 291. The van der Waals surface area contributed by atoms with Crippen LogP contribution in [0.5, 0.6) is 0 Å².